The number of esters is 1. The van der Waals surface area contributed by atoms with Gasteiger partial charge in [0.15, 0.2) is 5.78 Å². The Labute approximate surface area is 212 Å². The van der Waals surface area contributed by atoms with E-state index in [0.29, 0.717) is 42.4 Å². The molecule has 198 valence electrons. The van der Waals surface area contributed by atoms with E-state index in [-0.39, 0.29) is 29.5 Å². The zero-order chi connectivity index (χ0) is 25.9. The summed E-state index contributed by atoms with van der Waals surface area (Å²) in [7, 11) is 0. The van der Waals surface area contributed by atoms with E-state index in [4.69, 9.17) is 4.74 Å². The number of fused-ring (bicyclic) bond motifs is 5. The molecule has 4 aliphatic carbocycles. The van der Waals surface area contributed by atoms with Crippen LogP contribution in [-0.2, 0) is 14.3 Å². The first-order chi connectivity index (χ1) is 16.3. The smallest absolute Gasteiger partial charge is 0.303 e. The Bertz CT molecular complexity index is 865. The SMILES string of the molecule is CC(=O)OC1CC2C3CCC(C(C)CCC(C)C(C)C)C3(C)CC(O)C2C2(C)C(=O)C=CCC12O. The third kappa shape index (κ3) is 4.04. The van der Waals surface area contributed by atoms with Crippen LogP contribution in [0.2, 0.25) is 0 Å². The van der Waals surface area contributed by atoms with Gasteiger partial charge in [-0.2, -0.15) is 0 Å². The molecule has 35 heavy (non-hydrogen) atoms. The van der Waals surface area contributed by atoms with Crippen molar-refractivity contribution < 1.29 is 24.5 Å². The second kappa shape index (κ2) is 9.28. The third-order valence-electron chi connectivity index (χ3n) is 11.5. The average molecular weight is 489 g/mol. The third-order valence-corrected chi connectivity index (χ3v) is 11.5. The number of carbonyl (C=O) groups is 2. The molecular formula is C30H48O5. The first-order valence-electron chi connectivity index (χ1n) is 14.1. The number of carbonyl (C=O) groups excluding carboxylic acids is 2. The van der Waals surface area contributed by atoms with Crippen LogP contribution < -0.4 is 0 Å². The van der Waals surface area contributed by atoms with Crippen LogP contribution in [-0.4, -0.2) is 39.8 Å². The largest absolute Gasteiger partial charge is 0.459 e. The van der Waals surface area contributed by atoms with Gasteiger partial charge in [-0.25, -0.2) is 0 Å². The molecule has 4 aliphatic rings. The molecule has 3 fully saturated rings. The van der Waals surface area contributed by atoms with E-state index in [1.54, 1.807) is 12.2 Å². The van der Waals surface area contributed by atoms with Crippen LogP contribution in [0.25, 0.3) is 0 Å². The molecule has 0 aromatic carbocycles. The lowest BCUT2D eigenvalue weighted by molar-refractivity contribution is -0.257. The molecule has 0 aromatic heterocycles. The molecule has 0 heterocycles. The minimum atomic E-state index is -1.49. The molecule has 0 bridgehead atoms. The Morgan fingerprint density at radius 3 is 2.49 bits per heavy atom. The van der Waals surface area contributed by atoms with Crippen LogP contribution in [0.15, 0.2) is 12.2 Å². The number of ether oxygens (including phenoxy) is 1. The Morgan fingerprint density at radius 2 is 1.86 bits per heavy atom. The maximum Gasteiger partial charge on any atom is 0.303 e. The summed E-state index contributed by atoms with van der Waals surface area (Å²) in [4.78, 5) is 25.5. The van der Waals surface area contributed by atoms with Gasteiger partial charge >= 0.3 is 5.97 Å². The van der Waals surface area contributed by atoms with Crippen LogP contribution in [0.3, 0.4) is 0 Å². The minimum absolute atomic E-state index is 0.0127. The predicted octanol–water partition coefficient (Wildman–Crippen LogP) is 5.33. The standard InChI is InChI=1S/C30H48O5/c1-17(2)18(3)10-11-19(4)22-12-13-23-21-15-26(35-20(5)31)30(34)14-8-9-25(33)29(30,7)27(21)24(32)16-28(22,23)6/h8-9,17-19,21-24,26-27,32,34H,10-16H2,1-7H3. The molecule has 0 aliphatic heterocycles. The number of allylic oxidation sites excluding steroid dienone is 1. The fourth-order valence-corrected chi connectivity index (χ4v) is 9.18. The van der Waals surface area contributed by atoms with Crippen molar-refractivity contribution >= 4 is 11.8 Å². The molecule has 3 saturated carbocycles. The van der Waals surface area contributed by atoms with Gasteiger partial charge in [0.1, 0.15) is 11.7 Å². The van der Waals surface area contributed by atoms with Crippen molar-refractivity contribution in [2.45, 2.75) is 111 Å². The molecule has 5 heteroatoms. The molecule has 0 amide bonds. The highest BCUT2D eigenvalue weighted by atomic mass is 16.6. The molecule has 0 aromatic rings. The number of ketones is 1. The number of aliphatic hydroxyl groups is 2. The maximum absolute atomic E-state index is 13.4. The molecule has 2 N–H and O–H groups in total. The monoisotopic (exact) mass is 488 g/mol. The zero-order valence-electron chi connectivity index (χ0n) is 22.9. The van der Waals surface area contributed by atoms with Crippen LogP contribution in [0, 0.1) is 52.3 Å². The van der Waals surface area contributed by atoms with Crippen LogP contribution in [0.4, 0.5) is 0 Å². The molecule has 11 unspecified atom stereocenters. The van der Waals surface area contributed by atoms with Gasteiger partial charge in [0.05, 0.1) is 11.5 Å². The summed E-state index contributed by atoms with van der Waals surface area (Å²) < 4.78 is 5.75. The first kappa shape index (κ1) is 26.9. The lowest BCUT2D eigenvalue weighted by Crippen LogP contribution is -2.72. The normalized spacial score (nSPS) is 46.5. The van der Waals surface area contributed by atoms with E-state index < -0.39 is 29.2 Å². The Kier molecular flexibility index (Phi) is 7.12. The minimum Gasteiger partial charge on any atom is -0.459 e. The first-order valence-corrected chi connectivity index (χ1v) is 14.1. The summed E-state index contributed by atoms with van der Waals surface area (Å²) in [5.74, 6) is 1.99. The van der Waals surface area contributed by atoms with E-state index in [1.807, 2.05) is 6.92 Å². The maximum atomic E-state index is 13.4. The topological polar surface area (TPSA) is 83.8 Å². The Balaban J connectivity index is 1.66. The summed E-state index contributed by atoms with van der Waals surface area (Å²) in [5.41, 5.74) is -2.66. The molecule has 0 spiro atoms. The van der Waals surface area contributed by atoms with E-state index >= 15 is 0 Å². The highest BCUT2D eigenvalue weighted by molar-refractivity contribution is 5.97. The van der Waals surface area contributed by atoms with Crippen LogP contribution in [0.5, 0.6) is 0 Å². The van der Waals surface area contributed by atoms with Gasteiger partial charge in [-0.1, -0.05) is 53.5 Å². The van der Waals surface area contributed by atoms with Crippen molar-refractivity contribution in [3.8, 4) is 0 Å². The summed E-state index contributed by atoms with van der Waals surface area (Å²) in [6, 6.07) is 0. The van der Waals surface area contributed by atoms with Crippen molar-refractivity contribution in [3.63, 3.8) is 0 Å². The number of rotatable bonds is 6. The molecule has 0 radical (unpaired) electrons. The van der Waals surface area contributed by atoms with Crippen molar-refractivity contribution in [2.75, 3.05) is 0 Å². The highest BCUT2D eigenvalue weighted by Crippen LogP contribution is 2.68. The number of hydrogen-bond donors (Lipinski definition) is 2. The number of aliphatic hydroxyl groups excluding tert-OH is 1. The van der Waals surface area contributed by atoms with Gasteiger partial charge in [-0.05, 0) is 86.0 Å². The van der Waals surface area contributed by atoms with E-state index in [9.17, 15) is 19.8 Å². The second-order valence-electron chi connectivity index (χ2n) is 13.5. The molecule has 5 nitrogen and oxygen atoms in total. The summed E-state index contributed by atoms with van der Waals surface area (Å²) in [5, 5.41) is 23.7. The lowest BCUT2D eigenvalue weighted by atomic mass is 9.42. The lowest BCUT2D eigenvalue weighted by Gasteiger charge is -2.64. The van der Waals surface area contributed by atoms with Gasteiger partial charge in [-0.3, -0.25) is 9.59 Å². The van der Waals surface area contributed by atoms with E-state index in [2.05, 4.69) is 34.6 Å². The average Bonchev–Trinajstić information content (AvgIpc) is 3.10. The summed E-state index contributed by atoms with van der Waals surface area (Å²) >= 11 is 0. The second-order valence-corrected chi connectivity index (χ2v) is 13.5. The van der Waals surface area contributed by atoms with Crippen molar-refractivity contribution in [3.05, 3.63) is 12.2 Å². The van der Waals surface area contributed by atoms with Crippen molar-refractivity contribution in [1.29, 1.82) is 0 Å². The molecule has 11 atom stereocenters. The van der Waals surface area contributed by atoms with Gasteiger partial charge in [0.2, 0.25) is 0 Å². The zero-order valence-corrected chi connectivity index (χ0v) is 22.9. The molecule has 0 saturated heterocycles. The van der Waals surface area contributed by atoms with Crippen LogP contribution in [0.1, 0.15) is 93.4 Å². The van der Waals surface area contributed by atoms with Gasteiger partial charge < -0.3 is 14.9 Å². The van der Waals surface area contributed by atoms with E-state index in [0.717, 1.165) is 12.8 Å². The van der Waals surface area contributed by atoms with Crippen molar-refractivity contribution in [2.24, 2.45) is 52.3 Å². The predicted molar refractivity (Wildman–Crippen MR) is 136 cm³/mol. The Hall–Kier alpha value is -1.20. The fourth-order valence-electron chi connectivity index (χ4n) is 9.18. The fraction of sp³-hybridized carbons (Fsp3) is 0.867. The van der Waals surface area contributed by atoms with Crippen molar-refractivity contribution in [1.82, 2.24) is 0 Å². The van der Waals surface area contributed by atoms with Gasteiger partial charge in [-0.15, -0.1) is 0 Å². The quantitative estimate of drug-likeness (QED) is 0.494. The number of hydrogen-bond acceptors (Lipinski definition) is 5. The Morgan fingerprint density at radius 1 is 1.17 bits per heavy atom. The molecule has 4 rings (SSSR count). The molecular weight excluding hydrogens is 440 g/mol. The summed E-state index contributed by atoms with van der Waals surface area (Å²) in [6.07, 6.45) is 7.97. The summed E-state index contributed by atoms with van der Waals surface area (Å²) in [6.45, 7) is 14.9. The van der Waals surface area contributed by atoms with E-state index in [1.165, 1.54) is 19.8 Å². The van der Waals surface area contributed by atoms with Gasteiger partial charge in [0, 0.05) is 12.8 Å². The van der Waals surface area contributed by atoms with Gasteiger partial charge in [0.25, 0.3) is 0 Å². The highest BCUT2D eigenvalue weighted by Gasteiger charge is 2.72. The van der Waals surface area contributed by atoms with Crippen LogP contribution >= 0.6 is 0 Å².